The number of nitrogen functional groups attached to an aromatic ring is 1. The molecule has 0 bridgehead atoms. The Morgan fingerprint density at radius 2 is 2.00 bits per heavy atom. The van der Waals surface area contributed by atoms with Crippen LogP contribution in [0.5, 0.6) is 0 Å². The normalized spacial score (nSPS) is 10.3. The van der Waals surface area contributed by atoms with E-state index >= 15 is 0 Å². The molecule has 0 unspecified atom stereocenters. The number of anilines is 2. The molecule has 0 fully saturated rings. The van der Waals surface area contributed by atoms with Gasteiger partial charge in [-0.2, -0.15) is 0 Å². The summed E-state index contributed by atoms with van der Waals surface area (Å²) >= 11 is 9.30. The van der Waals surface area contributed by atoms with E-state index in [0.29, 0.717) is 22.0 Å². The van der Waals surface area contributed by atoms with Crippen LogP contribution in [0.4, 0.5) is 11.4 Å². The first-order valence-corrected chi connectivity index (χ1v) is 6.77. The Kier molecular flexibility index (Phi) is 4.12. The molecular formula is C14H12BrClN2O. The van der Waals surface area contributed by atoms with Gasteiger partial charge in [0.1, 0.15) is 0 Å². The maximum Gasteiger partial charge on any atom is 0.255 e. The number of halogens is 2. The molecular weight excluding hydrogens is 328 g/mol. The number of carbonyl (C=O) groups excluding carboxylic acids is 1. The Morgan fingerprint density at radius 3 is 2.68 bits per heavy atom. The maximum absolute atomic E-state index is 12.1. The molecule has 0 aliphatic carbocycles. The third-order valence-electron chi connectivity index (χ3n) is 2.66. The van der Waals surface area contributed by atoms with Gasteiger partial charge in [-0.15, -0.1) is 0 Å². The van der Waals surface area contributed by atoms with Gasteiger partial charge < -0.3 is 11.1 Å². The van der Waals surface area contributed by atoms with Gasteiger partial charge in [0.25, 0.3) is 5.91 Å². The zero-order valence-electron chi connectivity index (χ0n) is 10.2. The molecule has 0 heterocycles. The highest BCUT2D eigenvalue weighted by atomic mass is 79.9. The number of nitrogens with one attached hydrogen (secondary N) is 1. The number of benzene rings is 2. The zero-order chi connectivity index (χ0) is 14.0. The van der Waals surface area contributed by atoms with Crippen LogP contribution in [0.1, 0.15) is 15.9 Å². The molecule has 0 radical (unpaired) electrons. The van der Waals surface area contributed by atoms with Gasteiger partial charge in [0.15, 0.2) is 0 Å². The van der Waals surface area contributed by atoms with Crippen LogP contribution in [0.2, 0.25) is 5.02 Å². The SMILES string of the molecule is Cc1cc(C(=O)Nc2cc(N)ccc2Br)ccc1Cl. The second-order valence-corrected chi connectivity index (χ2v) is 5.42. The predicted molar refractivity (Wildman–Crippen MR) is 82.7 cm³/mol. The summed E-state index contributed by atoms with van der Waals surface area (Å²) in [6.07, 6.45) is 0. The number of aryl methyl sites for hydroxylation is 1. The van der Waals surface area contributed by atoms with Crippen LogP contribution in [0.3, 0.4) is 0 Å². The Morgan fingerprint density at radius 1 is 1.26 bits per heavy atom. The van der Waals surface area contributed by atoms with Gasteiger partial charge in [-0.05, 0) is 64.8 Å². The van der Waals surface area contributed by atoms with E-state index in [2.05, 4.69) is 21.2 Å². The number of hydrogen-bond donors (Lipinski definition) is 2. The van der Waals surface area contributed by atoms with Crippen LogP contribution in [-0.2, 0) is 0 Å². The predicted octanol–water partition coefficient (Wildman–Crippen LogP) is 4.25. The molecule has 19 heavy (non-hydrogen) atoms. The van der Waals surface area contributed by atoms with Gasteiger partial charge in [0.05, 0.1) is 5.69 Å². The van der Waals surface area contributed by atoms with Crippen molar-refractivity contribution in [2.24, 2.45) is 0 Å². The zero-order valence-corrected chi connectivity index (χ0v) is 12.5. The fourth-order valence-electron chi connectivity index (χ4n) is 1.62. The third-order valence-corrected chi connectivity index (χ3v) is 3.77. The molecule has 0 spiro atoms. The van der Waals surface area contributed by atoms with Crippen LogP contribution < -0.4 is 11.1 Å². The second-order valence-electron chi connectivity index (χ2n) is 4.16. The smallest absolute Gasteiger partial charge is 0.255 e. The lowest BCUT2D eigenvalue weighted by molar-refractivity contribution is 0.102. The van der Waals surface area contributed by atoms with Crippen molar-refractivity contribution in [3.8, 4) is 0 Å². The summed E-state index contributed by atoms with van der Waals surface area (Å²) < 4.78 is 0.778. The van der Waals surface area contributed by atoms with Crippen molar-refractivity contribution in [3.05, 3.63) is 57.0 Å². The van der Waals surface area contributed by atoms with Gasteiger partial charge in [-0.1, -0.05) is 11.6 Å². The third kappa shape index (κ3) is 3.28. The molecule has 2 aromatic rings. The molecule has 3 nitrogen and oxygen atoms in total. The van der Waals surface area contributed by atoms with Gasteiger partial charge in [-0.3, -0.25) is 4.79 Å². The first kappa shape index (κ1) is 13.9. The molecule has 0 aliphatic heterocycles. The van der Waals surface area contributed by atoms with Crippen LogP contribution in [0.25, 0.3) is 0 Å². The second kappa shape index (κ2) is 5.63. The van der Waals surface area contributed by atoms with Crippen LogP contribution >= 0.6 is 27.5 Å². The Balaban J connectivity index is 2.25. The van der Waals surface area contributed by atoms with E-state index in [9.17, 15) is 4.79 Å². The first-order valence-electron chi connectivity index (χ1n) is 5.60. The molecule has 98 valence electrons. The molecule has 0 aromatic heterocycles. The molecule has 0 saturated heterocycles. The van der Waals surface area contributed by atoms with Gasteiger partial charge >= 0.3 is 0 Å². The van der Waals surface area contributed by atoms with Crippen molar-refractivity contribution >= 4 is 44.8 Å². The monoisotopic (exact) mass is 338 g/mol. The average Bonchev–Trinajstić information content (AvgIpc) is 2.37. The molecule has 5 heteroatoms. The number of hydrogen-bond acceptors (Lipinski definition) is 2. The summed E-state index contributed by atoms with van der Waals surface area (Å²) in [5, 5.41) is 3.45. The van der Waals surface area contributed by atoms with E-state index < -0.39 is 0 Å². The topological polar surface area (TPSA) is 55.1 Å². The van der Waals surface area contributed by atoms with E-state index in [1.165, 1.54) is 0 Å². The minimum absolute atomic E-state index is 0.203. The van der Waals surface area contributed by atoms with Crippen molar-refractivity contribution in [1.82, 2.24) is 0 Å². The number of rotatable bonds is 2. The van der Waals surface area contributed by atoms with Crippen molar-refractivity contribution in [2.75, 3.05) is 11.1 Å². The minimum Gasteiger partial charge on any atom is -0.399 e. The summed E-state index contributed by atoms with van der Waals surface area (Å²) in [5.74, 6) is -0.203. The van der Waals surface area contributed by atoms with Crippen molar-refractivity contribution in [2.45, 2.75) is 6.92 Å². The maximum atomic E-state index is 12.1. The quantitative estimate of drug-likeness (QED) is 0.804. The van der Waals surface area contributed by atoms with Crippen LogP contribution in [0.15, 0.2) is 40.9 Å². The lowest BCUT2D eigenvalue weighted by atomic mass is 10.1. The standard InChI is InChI=1S/C14H12BrClN2O/c1-8-6-9(2-5-12(8)16)14(19)18-13-7-10(17)3-4-11(13)15/h2-7H,17H2,1H3,(H,18,19). The van der Waals surface area contributed by atoms with Gasteiger partial charge in [0.2, 0.25) is 0 Å². The Hall–Kier alpha value is -1.52. The molecule has 0 saturated carbocycles. The van der Waals surface area contributed by atoms with E-state index in [0.717, 1.165) is 10.0 Å². The van der Waals surface area contributed by atoms with Gasteiger partial charge in [-0.25, -0.2) is 0 Å². The number of amides is 1. The molecule has 2 rings (SSSR count). The molecule has 1 amide bonds. The average molecular weight is 340 g/mol. The van der Waals surface area contributed by atoms with Crippen molar-refractivity contribution < 1.29 is 4.79 Å². The summed E-state index contributed by atoms with van der Waals surface area (Å²) in [6.45, 7) is 1.86. The van der Waals surface area contributed by atoms with Crippen LogP contribution in [0, 0.1) is 6.92 Å². The van der Waals surface area contributed by atoms with Gasteiger partial charge in [0, 0.05) is 20.7 Å². The van der Waals surface area contributed by atoms with E-state index in [-0.39, 0.29) is 5.91 Å². The Bertz CT molecular complexity index is 643. The summed E-state index contributed by atoms with van der Waals surface area (Å²) in [6, 6.07) is 10.4. The summed E-state index contributed by atoms with van der Waals surface area (Å²) in [4.78, 5) is 12.1. The van der Waals surface area contributed by atoms with E-state index in [1.807, 2.05) is 6.92 Å². The lowest BCUT2D eigenvalue weighted by Crippen LogP contribution is -2.12. The molecule has 0 atom stereocenters. The van der Waals surface area contributed by atoms with Crippen molar-refractivity contribution in [3.63, 3.8) is 0 Å². The fraction of sp³-hybridized carbons (Fsp3) is 0.0714. The number of carbonyl (C=O) groups is 1. The summed E-state index contributed by atoms with van der Waals surface area (Å²) in [7, 11) is 0. The summed E-state index contributed by atoms with van der Waals surface area (Å²) in [5.41, 5.74) is 8.34. The molecule has 3 N–H and O–H groups in total. The van der Waals surface area contributed by atoms with Crippen LogP contribution in [-0.4, -0.2) is 5.91 Å². The molecule has 0 aliphatic rings. The van der Waals surface area contributed by atoms with E-state index in [1.54, 1.807) is 36.4 Å². The van der Waals surface area contributed by atoms with E-state index in [4.69, 9.17) is 17.3 Å². The number of nitrogens with two attached hydrogens (primary N) is 1. The highest BCUT2D eigenvalue weighted by molar-refractivity contribution is 9.10. The Labute approximate surface area is 124 Å². The molecule has 2 aromatic carbocycles. The highest BCUT2D eigenvalue weighted by Gasteiger charge is 2.09. The first-order chi connectivity index (χ1) is 8.97. The fourth-order valence-corrected chi connectivity index (χ4v) is 2.08. The highest BCUT2D eigenvalue weighted by Crippen LogP contribution is 2.25. The largest absolute Gasteiger partial charge is 0.399 e. The van der Waals surface area contributed by atoms with Crippen molar-refractivity contribution in [1.29, 1.82) is 0 Å². The lowest BCUT2D eigenvalue weighted by Gasteiger charge is -2.09. The minimum atomic E-state index is -0.203.